The quantitative estimate of drug-likeness (QED) is 0.258. The Labute approximate surface area is 227 Å². The van der Waals surface area contributed by atoms with Gasteiger partial charge in [0.2, 0.25) is 0 Å². The van der Waals surface area contributed by atoms with Crippen LogP contribution in [0.5, 0.6) is 17.2 Å². The summed E-state index contributed by atoms with van der Waals surface area (Å²) < 4.78 is 17.2. The van der Waals surface area contributed by atoms with Crippen molar-refractivity contribution in [1.29, 1.82) is 0 Å². The number of fused-ring (bicyclic) bond motifs is 1. The zero-order valence-corrected chi connectivity index (χ0v) is 22.9. The lowest BCUT2D eigenvalue weighted by molar-refractivity contribution is -0.142. The summed E-state index contributed by atoms with van der Waals surface area (Å²) in [7, 11) is 0. The average Bonchev–Trinajstić information content (AvgIpc) is 3.25. The van der Waals surface area contributed by atoms with E-state index in [0.717, 1.165) is 5.52 Å². The van der Waals surface area contributed by atoms with Crippen molar-refractivity contribution in [3.05, 3.63) is 84.1 Å². The highest BCUT2D eigenvalue weighted by Crippen LogP contribution is 2.34. The van der Waals surface area contributed by atoms with Gasteiger partial charge in [-0.25, -0.2) is 4.79 Å². The molecule has 8 heteroatoms. The summed E-state index contributed by atoms with van der Waals surface area (Å²) in [5.74, 6) is -0.0555. The maximum absolute atomic E-state index is 12.9. The minimum Gasteiger partial charge on any atom is -0.457 e. The minimum absolute atomic E-state index is 0.194. The molecule has 1 heterocycles. The molecule has 2 N–H and O–H groups in total. The van der Waals surface area contributed by atoms with Crippen molar-refractivity contribution in [2.45, 2.75) is 47.1 Å². The SMILES string of the molecule is CC(C)(C)OC(=O)c1ccc(Oc2ccc3[nH]cc(OC(=O)C(C)(C)C)c3c2)cc1NC(=O)c1ccccc1. The van der Waals surface area contributed by atoms with Crippen LogP contribution in [-0.4, -0.2) is 28.4 Å². The third-order valence-electron chi connectivity index (χ3n) is 5.56. The number of H-pyrrole nitrogens is 1. The third kappa shape index (κ3) is 6.84. The maximum Gasteiger partial charge on any atom is 0.340 e. The molecule has 0 saturated carbocycles. The summed E-state index contributed by atoms with van der Waals surface area (Å²) >= 11 is 0. The van der Waals surface area contributed by atoms with Crippen molar-refractivity contribution in [3.8, 4) is 17.2 Å². The van der Waals surface area contributed by atoms with Crippen LogP contribution < -0.4 is 14.8 Å². The van der Waals surface area contributed by atoms with E-state index in [1.54, 1.807) is 102 Å². The lowest BCUT2D eigenvalue weighted by Crippen LogP contribution is -2.25. The molecule has 0 fully saturated rings. The molecule has 0 spiro atoms. The fourth-order valence-electron chi connectivity index (χ4n) is 3.60. The highest BCUT2D eigenvalue weighted by molar-refractivity contribution is 6.08. The number of ether oxygens (including phenoxy) is 3. The summed E-state index contributed by atoms with van der Waals surface area (Å²) in [6.45, 7) is 10.7. The zero-order valence-electron chi connectivity index (χ0n) is 22.9. The molecule has 0 aliphatic heterocycles. The summed E-state index contributed by atoms with van der Waals surface area (Å²) in [4.78, 5) is 41.3. The van der Waals surface area contributed by atoms with Crippen molar-refractivity contribution < 1.29 is 28.6 Å². The Balaban J connectivity index is 1.64. The fraction of sp³-hybridized carbons (Fsp3) is 0.258. The van der Waals surface area contributed by atoms with Crippen LogP contribution in [0.2, 0.25) is 0 Å². The van der Waals surface area contributed by atoms with Gasteiger partial charge in [-0.15, -0.1) is 0 Å². The summed E-state index contributed by atoms with van der Waals surface area (Å²) in [6.07, 6.45) is 1.63. The molecule has 1 aromatic heterocycles. The lowest BCUT2D eigenvalue weighted by Gasteiger charge is -2.21. The number of esters is 2. The molecular formula is C31H32N2O6. The Hall–Kier alpha value is -4.59. The molecular weight excluding hydrogens is 496 g/mol. The van der Waals surface area contributed by atoms with Crippen LogP contribution in [0.3, 0.4) is 0 Å². The lowest BCUT2D eigenvalue weighted by atomic mass is 9.97. The Kier molecular flexibility index (Phi) is 7.49. The van der Waals surface area contributed by atoms with Crippen LogP contribution in [0.4, 0.5) is 5.69 Å². The van der Waals surface area contributed by atoms with Gasteiger partial charge in [-0.3, -0.25) is 9.59 Å². The normalized spacial score (nSPS) is 11.6. The number of aromatic nitrogens is 1. The van der Waals surface area contributed by atoms with E-state index in [9.17, 15) is 14.4 Å². The molecule has 0 aliphatic carbocycles. The predicted molar refractivity (Wildman–Crippen MR) is 149 cm³/mol. The molecule has 202 valence electrons. The minimum atomic E-state index is -0.715. The van der Waals surface area contributed by atoms with Crippen LogP contribution in [0.1, 0.15) is 62.3 Å². The van der Waals surface area contributed by atoms with Gasteiger partial charge in [0.15, 0.2) is 5.75 Å². The molecule has 4 rings (SSSR count). The topological polar surface area (TPSA) is 107 Å². The molecule has 0 unspecified atom stereocenters. The first-order valence-corrected chi connectivity index (χ1v) is 12.6. The van der Waals surface area contributed by atoms with Crippen molar-refractivity contribution >= 4 is 34.4 Å². The van der Waals surface area contributed by atoms with Crippen molar-refractivity contribution in [1.82, 2.24) is 4.98 Å². The van der Waals surface area contributed by atoms with Gasteiger partial charge in [0, 0.05) is 28.7 Å². The summed E-state index contributed by atoms with van der Waals surface area (Å²) in [6, 6.07) is 18.8. The van der Waals surface area contributed by atoms with Crippen molar-refractivity contribution in [3.63, 3.8) is 0 Å². The Morgan fingerprint density at radius 3 is 2.15 bits per heavy atom. The second-order valence-electron chi connectivity index (χ2n) is 11.1. The fourth-order valence-corrected chi connectivity index (χ4v) is 3.60. The standard InChI is InChI=1S/C31H32N2O6/c1-30(2,3)29(36)38-26-18-32-24-15-13-20(16-23(24)26)37-21-12-14-22(28(35)39-31(4,5)6)25(17-21)33-27(34)19-10-8-7-9-11-19/h7-18,32H,1-6H3,(H,33,34). The number of nitrogens with one attached hydrogen (secondary N) is 2. The van der Waals surface area contributed by atoms with Crippen LogP contribution >= 0.6 is 0 Å². The van der Waals surface area contributed by atoms with Crippen molar-refractivity contribution in [2.75, 3.05) is 5.32 Å². The van der Waals surface area contributed by atoms with E-state index in [4.69, 9.17) is 14.2 Å². The number of anilines is 1. The number of hydrogen-bond acceptors (Lipinski definition) is 6. The first-order valence-electron chi connectivity index (χ1n) is 12.6. The van der Waals surface area contributed by atoms with Gasteiger partial charge in [0.25, 0.3) is 5.91 Å². The zero-order chi connectivity index (χ0) is 28.4. The number of benzene rings is 3. The average molecular weight is 529 g/mol. The Bertz CT molecular complexity index is 1520. The number of hydrogen-bond donors (Lipinski definition) is 2. The van der Waals surface area contributed by atoms with E-state index in [0.29, 0.717) is 28.2 Å². The highest BCUT2D eigenvalue weighted by Gasteiger charge is 2.25. The van der Waals surface area contributed by atoms with Gasteiger partial charge >= 0.3 is 11.9 Å². The second-order valence-corrected chi connectivity index (χ2v) is 11.1. The number of carbonyl (C=O) groups is 3. The number of aromatic amines is 1. The first kappa shape index (κ1) is 27.4. The molecule has 39 heavy (non-hydrogen) atoms. The van der Waals surface area contributed by atoms with E-state index >= 15 is 0 Å². The van der Waals surface area contributed by atoms with E-state index in [1.807, 2.05) is 12.1 Å². The molecule has 0 bridgehead atoms. The van der Waals surface area contributed by atoms with E-state index in [2.05, 4.69) is 10.3 Å². The number of rotatable bonds is 6. The largest absolute Gasteiger partial charge is 0.457 e. The van der Waals surface area contributed by atoms with Gasteiger partial charge in [0.05, 0.1) is 16.7 Å². The molecule has 3 aromatic carbocycles. The molecule has 8 nitrogen and oxygen atoms in total. The molecule has 1 amide bonds. The Morgan fingerprint density at radius 2 is 1.49 bits per heavy atom. The van der Waals surface area contributed by atoms with E-state index in [-0.39, 0.29) is 23.1 Å². The van der Waals surface area contributed by atoms with Gasteiger partial charge < -0.3 is 24.5 Å². The van der Waals surface area contributed by atoms with Gasteiger partial charge in [0.1, 0.15) is 17.1 Å². The predicted octanol–water partition coefficient (Wildman–Crippen LogP) is 7.12. The summed E-state index contributed by atoms with van der Waals surface area (Å²) in [5.41, 5.74) is 0.280. The number of carbonyl (C=O) groups excluding carboxylic acids is 3. The van der Waals surface area contributed by atoms with Gasteiger partial charge in [-0.05, 0) is 84.0 Å². The van der Waals surface area contributed by atoms with Crippen LogP contribution in [0.25, 0.3) is 10.9 Å². The van der Waals surface area contributed by atoms with E-state index in [1.165, 1.54) is 0 Å². The molecule has 0 saturated heterocycles. The van der Waals surface area contributed by atoms with Crippen molar-refractivity contribution in [2.24, 2.45) is 5.41 Å². The number of amides is 1. The third-order valence-corrected chi connectivity index (χ3v) is 5.56. The second kappa shape index (κ2) is 10.6. The monoisotopic (exact) mass is 528 g/mol. The van der Waals surface area contributed by atoms with Crippen LogP contribution in [0.15, 0.2) is 72.9 Å². The smallest absolute Gasteiger partial charge is 0.340 e. The molecule has 0 aliphatic rings. The van der Waals surface area contributed by atoms with Crippen LogP contribution in [0, 0.1) is 5.41 Å². The van der Waals surface area contributed by atoms with Crippen LogP contribution in [-0.2, 0) is 9.53 Å². The highest BCUT2D eigenvalue weighted by atomic mass is 16.6. The summed E-state index contributed by atoms with van der Waals surface area (Å²) in [5, 5.41) is 3.48. The maximum atomic E-state index is 12.9. The molecule has 4 aromatic rings. The van der Waals surface area contributed by atoms with Gasteiger partial charge in [-0.2, -0.15) is 0 Å². The molecule has 0 radical (unpaired) electrons. The Morgan fingerprint density at radius 1 is 0.821 bits per heavy atom. The molecule has 0 atom stereocenters. The van der Waals surface area contributed by atoms with E-state index < -0.39 is 17.0 Å². The van der Waals surface area contributed by atoms with Gasteiger partial charge in [-0.1, -0.05) is 18.2 Å². The first-order chi connectivity index (χ1) is 18.3.